The second kappa shape index (κ2) is 13.0. The molecule has 4 aliphatic carbocycles. The first-order valence-corrected chi connectivity index (χ1v) is 17.9. The summed E-state index contributed by atoms with van der Waals surface area (Å²) in [4.78, 5) is 0. The van der Waals surface area contributed by atoms with Crippen molar-refractivity contribution in [1.82, 2.24) is 0 Å². The van der Waals surface area contributed by atoms with Crippen LogP contribution >= 0.6 is 75.8 Å². The Bertz CT molecular complexity index is 660. The van der Waals surface area contributed by atoms with Gasteiger partial charge in [0.1, 0.15) is 0 Å². The zero-order valence-corrected chi connectivity index (χ0v) is 27.8. The standard InChI is InChI=1S/C30H52S6/c31-23-13-14-24(26(33)15-5-1-6-16-26)30(28(35)19-9-3-10-20-28,29(36)21-11-4-12-22-29)25(32)27(34)17-7-2-8-18-27/h23-24,31-36H,1-22H2. The lowest BCUT2D eigenvalue weighted by Gasteiger charge is -2.70. The van der Waals surface area contributed by atoms with Gasteiger partial charge in [0.2, 0.25) is 0 Å². The molecule has 0 saturated heterocycles. The molecule has 0 aromatic heterocycles. The first kappa shape index (κ1) is 31.0. The van der Waals surface area contributed by atoms with E-state index in [1.807, 2.05) is 0 Å². The Morgan fingerprint density at radius 1 is 0.611 bits per heavy atom. The zero-order chi connectivity index (χ0) is 25.9. The normalized spacial score (nSPS) is 29.1. The summed E-state index contributed by atoms with van der Waals surface area (Å²) in [5.41, 5.74) is -0.217. The van der Waals surface area contributed by atoms with E-state index in [0.717, 1.165) is 51.4 Å². The third-order valence-electron chi connectivity index (χ3n) is 10.8. The van der Waals surface area contributed by atoms with Gasteiger partial charge >= 0.3 is 0 Å². The largest absolute Gasteiger partial charge is 0.175 e. The van der Waals surface area contributed by atoms with Crippen LogP contribution in [-0.4, -0.2) is 19.0 Å². The molecule has 4 fully saturated rings. The molecule has 2 radical (unpaired) electrons. The lowest BCUT2D eigenvalue weighted by molar-refractivity contribution is -0.00510. The summed E-state index contributed by atoms with van der Waals surface area (Å²) in [5.74, 6) is 2.46. The van der Waals surface area contributed by atoms with Gasteiger partial charge in [-0.1, -0.05) is 77.0 Å². The second-order valence-corrected chi connectivity index (χ2v) is 17.2. The van der Waals surface area contributed by atoms with Crippen molar-refractivity contribution in [3.8, 4) is 0 Å². The lowest BCUT2D eigenvalue weighted by atomic mass is 9.45. The molecule has 0 aromatic carbocycles. The Morgan fingerprint density at radius 3 is 1.42 bits per heavy atom. The molecule has 4 saturated carbocycles. The molecular formula is C30H52S6. The smallest absolute Gasteiger partial charge is 0.0523 e. The molecular weight excluding hydrogens is 553 g/mol. The minimum absolute atomic E-state index is 0.0117. The van der Waals surface area contributed by atoms with Crippen LogP contribution in [0.2, 0.25) is 0 Å². The van der Waals surface area contributed by atoms with Crippen molar-refractivity contribution < 1.29 is 0 Å². The number of thiol groups is 6. The summed E-state index contributed by atoms with van der Waals surface area (Å²) in [5, 5.41) is 1.36. The maximum atomic E-state index is 5.89. The van der Waals surface area contributed by atoms with E-state index in [0.29, 0.717) is 5.92 Å². The van der Waals surface area contributed by atoms with Crippen molar-refractivity contribution in [2.75, 3.05) is 0 Å². The highest BCUT2D eigenvalue weighted by molar-refractivity contribution is 7.88. The van der Waals surface area contributed by atoms with Crippen LogP contribution in [0.5, 0.6) is 0 Å². The topological polar surface area (TPSA) is 0 Å². The van der Waals surface area contributed by atoms with Gasteiger partial charge in [-0.15, -0.1) is 0 Å². The van der Waals surface area contributed by atoms with E-state index >= 15 is 0 Å². The first-order valence-electron chi connectivity index (χ1n) is 15.1. The van der Waals surface area contributed by atoms with Crippen molar-refractivity contribution in [3.63, 3.8) is 0 Å². The molecule has 0 amide bonds. The molecule has 0 N–H and O–H groups in total. The van der Waals surface area contributed by atoms with Crippen molar-refractivity contribution in [3.05, 3.63) is 11.0 Å². The number of rotatable bonds is 9. The van der Waals surface area contributed by atoms with E-state index in [-0.39, 0.29) is 24.4 Å². The van der Waals surface area contributed by atoms with Crippen LogP contribution < -0.4 is 0 Å². The van der Waals surface area contributed by atoms with Gasteiger partial charge in [0.15, 0.2) is 0 Å². The van der Waals surface area contributed by atoms with E-state index in [9.17, 15) is 0 Å². The highest BCUT2D eigenvalue weighted by atomic mass is 32.1. The molecule has 0 nitrogen and oxygen atoms in total. The van der Waals surface area contributed by atoms with Crippen LogP contribution in [0.25, 0.3) is 0 Å². The maximum absolute atomic E-state index is 5.89. The van der Waals surface area contributed by atoms with Crippen molar-refractivity contribution >= 4 is 75.8 Å². The van der Waals surface area contributed by atoms with Gasteiger partial charge < -0.3 is 0 Å². The average molecular weight is 605 g/mol. The first-order chi connectivity index (χ1) is 17.2. The van der Waals surface area contributed by atoms with Gasteiger partial charge in [-0.2, -0.15) is 75.8 Å². The Kier molecular flexibility index (Phi) is 11.2. The predicted octanol–water partition coefficient (Wildman–Crippen LogP) is 10.5. The predicted molar refractivity (Wildman–Crippen MR) is 180 cm³/mol. The summed E-state index contributed by atoms with van der Waals surface area (Å²) < 4.78 is -0.405. The van der Waals surface area contributed by atoms with Gasteiger partial charge in [-0.05, 0) is 70.1 Å². The van der Waals surface area contributed by atoms with E-state index in [4.69, 9.17) is 63.1 Å². The van der Waals surface area contributed by atoms with Crippen LogP contribution in [0, 0.1) is 22.3 Å². The number of hydrogen-bond acceptors (Lipinski definition) is 6. The van der Waals surface area contributed by atoms with E-state index in [2.05, 4.69) is 18.4 Å². The fourth-order valence-corrected chi connectivity index (χ4v) is 13.1. The molecule has 208 valence electrons. The molecule has 1 atom stereocenters. The molecule has 4 aliphatic rings. The Hall–Kier alpha value is 2.10. The summed E-state index contributed by atoms with van der Waals surface area (Å²) >= 11 is 33.5. The quantitative estimate of drug-likeness (QED) is 0.139. The van der Waals surface area contributed by atoms with Gasteiger partial charge in [0, 0.05) is 30.2 Å². The molecule has 1 unspecified atom stereocenters. The molecule has 36 heavy (non-hydrogen) atoms. The van der Waals surface area contributed by atoms with Gasteiger partial charge in [0.25, 0.3) is 0 Å². The highest BCUT2D eigenvalue weighted by Crippen LogP contribution is 2.74. The minimum atomic E-state index is -0.217. The van der Waals surface area contributed by atoms with E-state index in [1.165, 1.54) is 95.1 Å². The Balaban J connectivity index is 1.98. The van der Waals surface area contributed by atoms with Gasteiger partial charge in [-0.25, -0.2) is 0 Å². The molecule has 0 heterocycles. The maximum Gasteiger partial charge on any atom is 0.0523 e. The molecule has 0 aromatic rings. The van der Waals surface area contributed by atoms with Crippen LogP contribution in [-0.2, 0) is 0 Å². The molecule has 6 heteroatoms. The minimum Gasteiger partial charge on any atom is -0.175 e. The monoisotopic (exact) mass is 604 g/mol. The zero-order valence-electron chi connectivity index (χ0n) is 22.4. The van der Waals surface area contributed by atoms with Crippen LogP contribution in [0.1, 0.15) is 141 Å². The average Bonchev–Trinajstić information content (AvgIpc) is 2.87. The van der Waals surface area contributed by atoms with Gasteiger partial charge in [-0.3, -0.25) is 0 Å². The highest BCUT2D eigenvalue weighted by Gasteiger charge is 2.71. The van der Waals surface area contributed by atoms with Crippen molar-refractivity contribution in [2.24, 2.45) is 11.3 Å². The molecule has 0 aliphatic heterocycles. The fourth-order valence-electron chi connectivity index (χ4n) is 9.13. The van der Waals surface area contributed by atoms with Crippen molar-refractivity contribution in [2.45, 2.75) is 160 Å². The SMILES string of the molecule is S[CH]CCC(C1(S)CCCCC1)C([C](S)C1(S)CCCCC1)(C1(S)CCCCC1)C1(S)CCCCC1. The van der Waals surface area contributed by atoms with E-state index < -0.39 is 0 Å². The summed E-state index contributed by atoms with van der Waals surface area (Å²) in [6.07, 6.45) is 26.9. The van der Waals surface area contributed by atoms with Crippen LogP contribution in [0.4, 0.5) is 0 Å². The molecule has 0 bridgehead atoms. The fraction of sp³-hybridized carbons (Fsp3) is 0.933. The van der Waals surface area contributed by atoms with Crippen LogP contribution in [0.15, 0.2) is 0 Å². The molecule has 4 rings (SSSR count). The van der Waals surface area contributed by atoms with E-state index in [1.54, 1.807) is 0 Å². The van der Waals surface area contributed by atoms with Crippen LogP contribution in [0.3, 0.4) is 0 Å². The van der Waals surface area contributed by atoms with Crippen molar-refractivity contribution in [1.29, 1.82) is 0 Å². The summed E-state index contributed by atoms with van der Waals surface area (Å²) in [6.45, 7) is 0. The summed E-state index contributed by atoms with van der Waals surface area (Å²) in [6, 6.07) is 0. The lowest BCUT2D eigenvalue weighted by Crippen LogP contribution is -2.70. The molecule has 0 spiro atoms. The Morgan fingerprint density at radius 2 is 1.00 bits per heavy atom. The second-order valence-electron chi connectivity index (χ2n) is 12.9. The third kappa shape index (κ3) is 5.73. The number of hydrogen-bond donors (Lipinski definition) is 6. The van der Waals surface area contributed by atoms with Gasteiger partial charge in [0.05, 0.1) is 5.25 Å². The third-order valence-corrected chi connectivity index (χ3v) is 15.0. The Labute approximate surface area is 256 Å². The summed E-state index contributed by atoms with van der Waals surface area (Å²) in [7, 11) is 0.